The fourth-order valence-electron chi connectivity index (χ4n) is 4.67. The highest BCUT2D eigenvalue weighted by molar-refractivity contribution is 5.94. The number of anilines is 1. The Bertz CT molecular complexity index is 1310. The second-order valence-electron chi connectivity index (χ2n) is 10.4. The van der Waals surface area contributed by atoms with Gasteiger partial charge in [0.2, 0.25) is 5.43 Å². The number of alkyl halides is 3. The van der Waals surface area contributed by atoms with Gasteiger partial charge in [-0.3, -0.25) is 4.79 Å². The first kappa shape index (κ1) is 26.7. The molecule has 2 N–H and O–H groups in total. The van der Waals surface area contributed by atoms with Crippen LogP contribution < -0.4 is 15.6 Å². The van der Waals surface area contributed by atoms with Gasteiger partial charge in [-0.25, -0.2) is 18.4 Å². The number of alkyl carbamates (subject to hydrolysis) is 1. The highest BCUT2D eigenvalue weighted by Crippen LogP contribution is 2.43. The second-order valence-corrected chi connectivity index (χ2v) is 10.4. The number of carboxylic acid groups (broad SMARTS) is 1. The lowest BCUT2D eigenvalue weighted by atomic mass is 9.95. The number of hydrogen-bond donors (Lipinski definition) is 2. The molecule has 0 bridgehead atoms. The van der Waals surface area contributed by atoms with Crippen molar-refractivity contribution < 1.29 is 41.4 Å². The molecule has 1 aliphatic heterocycles. The minimum atomic E-state index is -4.72. The molecule has 2 unspecified atom stereocenters. The molecular formula is C24H26F5N3O5. The molecule has 2 aliphatic rings. The lowest BCUT2D eigenvalue weighted by Gasteiger charge is -2.23. The molecule has 2 heterocycles. The highest BCUT2D eigenvalue weighted by Gasteiger charge is 2.50. The van der Waals surface area contributed by atoms with E-state index in [1.54, 1.807) is 20.8 Å². The summed E-state index contributed by atoms with van der Waals surface area (Å²) in [5, 5.41) is 11.1. The van der Waals surface area contributed by atoms with Crippen molar-refractivity contribution in [3.8, 4) is 0 Å². The molecule has 2 fully saturated rings. The fourth-order valence-corrected chi connectivity index (χ4v) is 4.67. The number of carboxylic acids is 1. The van der Waals surface area contributed by atoms with Gasteiger partial charge in [0.1, 0.15) is 22.7 Å². The third kappa shape index (κ3) is 5.35. The summed E-state index contributed by atoms with van der Waals surface area (Å²) in [7, 11) is 0. The molecule has 0 spiro atoms. The number of halogens is 5. The topological polar surface area (TPSA) is 101 Å². The number of nitrogens with zero attached hydrogens (tertiary/aromatic N) is 2. The number of fused-ring (bicyclic) bond motifs is 1. The Morgan fingerprint density at radius 2 is 1.81 bits per heavy atom. The number of benzene rings is 1. The van der Waals surface area contributed by atoms with Crippen LogP contribution in [0.1, 0.15) is 50.0 Å². The van der Waals surface area contributed by atoms with Gasteiger partial charge in [0.15, 0.2) is 5.82 Å². The molecule has 4 rings (SSSR count). The van der Waals surface area contributed by atoms with Gasteiger partial charge in [-0.1, -0.05) is 0 Å². The van der Waals surface area contributed by atoms with Crippen molar-refractivity contribution in [1.82, 2.24) is 9.88 Å². The van der Waals surface area contributed by atoms with Crippen LogP contribution in [0.25, 0.3) is 10.9 Å². The van der Waals surface area contributed by atoms with Gasteiger partial charge in [-0.15, -0.1) is 0 Å². The van der Waals surface area contributed by atoms with Crippen LogP contribution in [0.15, 0.2) is 17.1 Å². The van der Waals surface area contributed by atoms with Gasteiger partial charge in [-0.05, 0) is 39.7 Å². The summed E-state index contributed by atoms with van der Waals surface area (Å²) in [4.78, 5) is 37.0. The minimum absolute atomic E-state index is 0.318. The third-order valence-corrected chi connectivity index (χ3v) is 6.44. The first-order valence-corrected chi connectivity index (χ1v) is 11.7. The largest absolute Gasteiger partial charge is 0.477 e. The van der Waals surface area contributed by atoms with E-state index in [2.05, 4.69) is 5.32 Å². The first-order valence-electron chi connectivity index (χ1n) is 11.7. The number of amides is 1. The van der Waals surface area contributed by atoms with E-state index in [0.29, 0.717) is 18.9 Å². The van der Waals surface area contributed by atoms with E-state index in [4.69, 9.17) is 4.74 Å². The van der Waals surface area contributed by atoms with E-state index in [0.717, 1.165) is 11.1 Å². The Hall–Kier alpha value is -3.38. The number of carbonyl (C=O) groups is 2. The summed E-state index contributed by atoms with van der Waals surface area (Å²) in [5.41, 5.74) is -3.70. The smallest absolute Gasteiger partial charge is 0.407 e. The molecule has 2 atom stereocenters. The van der Waals surface area contributed by atoms with Gasteiger partial charge in [0.05, 0.1) is 16.8 Å². The monoisotopic (exact) mass is 531 g/mol. The molecule has 37 heavy (non-hydrogen) atoms. The number of hydrogen-bond acceptors (Lipinski definition) is 5. The van der Waals surface area contributed by atoms with Gasteiger partial charge in [-0.2, -0.15) is 13.2 Å². The number of nitrogens with one attached hydrogen (secondary N) is 1. The number of aromatic carboxylic acids is 1. The Labute approximate surface area is 208 Å². The van der Waals surface area contributed by atoms with Crippen molar-refractivity contribution in [2.45, 2.75) is 51.4 Å². The van der Waals surface area contributed by atoms with Gasteiger partial charge in [0.25, 0.3) is 0 Å². The van der Waals surface area contributed by atoms with Crippen LogP contribution in [0.3, 0.4) is 0 Å². The normalized spacial score (nSPS) is 20.4. The maximum atomic E-state index is 15.8. The average Bonchev–Trinajstić information content (AvgIpc) is 3.50. The average molecular weight is 531 g/mol. The van der Waals surface area contributed by atoms with E-state index in [1.807, 2.05) is 0 Å². The van der Waals surface area contributed by atoms with Crippen LogP contribution in [-0.4, -0.2) is 53.1 Å². The number of pyridine rings is 1. The number of ether oxygens (including phenoxy) is 1. The van der Waals surface area contributed by atoms with Crippen LogP contribution in [0, 0.1) is 23.5 Å². The molecule has 0 radical (unpaired) electrons. The lowest BCUT2D eigenvalue weighted by Crippen LogP contribution is -2.39. The Kier molecular flexibility index (Phi) is 6.62. The summed E-state index contributed by atoms with van der Waals surface area (Å²) in [6.07, 6.45) is -3.50. The SMILES string of the molecule is CC(C)(C)OC(=O)NCC1CN(c2c(F)cc3c(=O)c(C(=O)O)cn(C4CC4)c3c2F)CC1C(F)(F)F. The Balaban J connectivity index is 1.72. The van der Waals surface area contributed by atoms with E-state index in [1.165, 1.54) is 4.57 Å². The Morgan fingerprint density at radius 1 is 1.16 bits per heavy atom. The Morgan fingerprint density at radius 3 is 2.35 bits per heavy atom. The maximum Gasteiger partial charge on any atom is 0.407 e. The van der Waals surface area contributed by atoms with Crippen molar-refractivity contribution in [1.29, 1.82) is 0 Å². The number of rotatable bonds is 5. The zero-order chi connectivity index (χ0) is 27.4. The van der Waals surface area contributed by atoms with Crippen LogP contribution in [0.4, 0.5) is 32.4 Å². The summed E-state index contributed by atoms with van der Waals surface area (Å²) in [5.74, 6) is -7.32. The molecule has 1 aromatic carbocycles. The number of aromatic nitrogens is 1. The molecule has 1 aliphatic carbocycles. The van der Waals surface area contributed by atoms with Crippen LogP contribution in [0.5, 0.6) is 0 Å². The van der Waals surface area contributed by atoms with Crippen molar-refractivity contribution in [3.63, 3.8) is 0 Å². The lowest BCUT2D eigenvalue weighted by molar-refractivity contribution is -0.178. The number of carbonyl (C=O) groups excluding carboxylic acids is 1. The fraction of sp³-hybridized carbons (Fsp3) is 0.542. The van der Waals surface area contributed by atoms with E-state index < -0.39 is 89.0 Å². The van der Waals surface area contributed by atoms with Gasteiger partial charge in [0, 0.05) is 37.8 Å². The second kappa shape index (κ2) is 9.18. The zero-order valence-corrected chi connectivity index (χ0v) is 20.3. The minimum Gasteiger partial charge on any atom is -0.477 e. The predicted octanol–water partition coefficient (Wildman–Crippen LogP) is 4.45. The zero-order valence-electron chi connectivity index (χ0n) is 20.3. The summed E-state index contributed by atoms with van der Waals surface area (Å²) in [6.45, 7) is 3.13. The summed E-state index contributed by atoms with van der Waals surface area (Å²) < 4.78 is 78.9. The van der Waals surface area contributed by atoms with Crippen molar-refractivity contribution >= 4 is 28.7 Å². The van der Waals surface area contributed by atoms with Gasteiger partial charge < -0.3 is 24.6 Å². The molecule has 1 aromatic heterocycles. The van der Waals surface area contributed by atoms with E-state index >= 15 is 8.78 Å². The quantitative estimate of drug-likeness (QED) is 0.553. The van der Waals surface area contributed by atoms with Gasteiger partial charge >= 0.3 is 18.2 Å². The van der Waals surface area contributed by atoms with Crippen molar-refractivity contribution in [3.05, 3.63) is 39.7 Å². The molecule has 1 saturated carbocycles. The molecule has 1 saturated heterocycles. The van der Waals surface area contributed by atoms with Crippen molar-refractivity contribution in [2.75, 3.05) is 24.5 Å². The molecule has 13 heteroatoms. The first-order chi connectivity index (χ1) is 17.1. The van der Waals surface area contributed by atoms with E-state index in [-0.39, 0.29) is 11.6 Å². The molecule has 202 valence electrons. The van der Waals surface area contributed by atoms with Crippen LogP contribution in [0.2, 0.25) is 0 Å². The standard InChI is InChI=1S/C24H26F5N3O5/c1-23(2,3)37-22(36)30-7-11-8-31(10-15(11)24(27,28)29)19-16(25)6-13-18(17(19)26)32(12-4-5-12)9-14(20(13)33)21(34)35/h6,9,11-12,15H,4-5,7-8,10H2,1-3H3,(H,30,36)(H,34,35). The molecule has 2 aromatic rings. The highest BCUT2D eigenvalue weighted by atomic mass is 19.4. The summed E-state index contributed by atoms with van der Waals surface area (Å²) in [6, 6.07) is 0.359. The molecule has 8 nitrogen and oxygen atoms in total. The summed E-state index contributed by atoms with van der Waals surface area (Å²) >= 11 is 0. The molecule has 1 amide bonds. The van der Waals surface area contributed by atoms with Crippen LogP contribution >= 0.6 is 0 Å². The third-order valence-electron chi connectivity index (χ3n) is 6.44. The predicted molar refractivity (Wildman–Crippen MR) is 123 cm³/mol. The maximum absolute atomic E-state index is 15.8. The van der Waals surface area contributed by atoms with Crippen LogP contribution in [-0.2, 0) is 4.74 Å². The van der Waals surface area contributed by atoms with Crippen molar-refractivity contribution in [2.24, 2.45) is 11.8 Å². The van der Waals surface area contributed by atoms with E-state index in [9.17, 15) is 32.7 Å². The molecular weight excluding hydrogens is 505 g/mol.